The first-order chi connectivity index (χ1) is 12.9. The van der Waals surface area contributed by atoms with Crippen LogP contribution in [0.2, 0.25) is 0 Å². The van der Waals surface area contributed by atoms with Crippen molar-refractivity contribution in [2.45, 2.75) is 57.8 Å². The lowest BCUT2D eigenvalue weighted by atomic mass is 10.0. The van der Waals surface area contributed by atoms with Gasteiger partial charge in [0, 0.05) is 36.2 Å². The zero-order chi connectivity index (χ0) is 19.6. The Hall–Kier alpha value is -2.49. The number of hydrogen-bond donors (Lipinski definition) is 0. The maximum atomic E-state index is 13.3. The molecule has 144 valence electrons. The Morgan fingerprint density at radius 1 is 1.30 bits per heavy atom. The summed E-state index contributed by atoms with van der Waals surface area (Å²) in [5, 5.41) is 9.00. The maximum Gasteiger partial charge on any atom is 0.417 e. The summed E-state index contributed by atoms with van der Waals surface area (Å²) >= 11 is 0. The van der Waals surface area contributed by atoms with E-state index < -0.39 is 11.7 Å². The van der Waals surface area contributed by atoms with Crippen LogP contribution in [0.3, 0.4) is 0 Å². The fourth-order valence-corrected chi connectivity index (χ4v) is 4.10. The van der Waals surface area contributed by atoms with E-state index in [2.05, 4.69) is 16.5 Å². The topological polar surface area (TPSA) is 44.9 Å². The maximum absolute atomic E-state index is 13.3. The lowest BCUT2D eigenvalue weighted by molar-refractivity contribution is -0.137. The summed E-state index contributed by atoms with van der Waals surface area (Å²) in [7, 11) is 0. The molecule has 0 radical (unpaired) electrons. The highest BCUT2D eigenvalue weighted by Gasteiger charge is 2.35. The number of rotatable bonds is 5. The number of nitriles is 1. The van der Waals surface area contributed by atoms with Gasteiger partial charge in [-0.25, -0.2) is 4.98 Å². The van der Waals surface area contributed by atoms with E-state index in [-0.39, 0.29) is 11.6 Å². The number of aryl methyl sites for hydroxylation is 1. The van der Waals surface area contributed by atoms with Gasteiger partial charge in [-0.1, -0.05) is 6.92 Å². The third-order valence-electron chi connectivity index (χ3n) is 5.42. The van der Waals surface area contributed by atoms with E-state index in [1.54, 1.807) is 12.1 Å². The first-order valence-corrected chi connectivity index (χ1v) is 9.27. The van der Waals surface area contributed by atoms with Crippen LogP contribution in [0, 0.1) is 11.3 Å². The summed E-state index contributed by atoms with van der Waals surface area (Å²) in [6, 6.07) is 6.15. The molecule has 0 saturated heterocycles. The van der Waals surface area contributed by atoms with E-state index in [1.807, 2.05) is 24.3 Å². The standard InChI is InChI=1S/C20H23F3N4/c1-3-15-12-25-13-27(15)17-8-7-16(9-17)26(4-2)18-6-5-14(11-24)19(10-18)20(21,22)23/h5-6,10,12-13,16-17H,3-4,7-9H2,1-2H3. The zero-order valence-electron chi connectivity index (χ0n) is 15.5. The molecule has 1 fully saturated rings. The zero-order valence-corrected chi connectivity index (χ0v) is 15.5. The van der Waals surface area contributed by atoms with E-state index in [4.69, 9.17) is 5.26 Å². The highest BCUT2D eigenvalue weighted by atomic mass is 19.4. The fourth-order valence-electron chi connectivity index (χ4n) is 4.10. The van der Waals surface area contributed by atoms with E-state index in [0.29, 0.717) is 18.3 Å². The Balaban J connectivity index is 1.85. The Morgan fingerprint density at radius 2 is 2.07 bits per heavy atom. The van der Waals surface area contributed by atoms with Gasteiger partial charge < -0.3 is 9.47 Å². The second-order valence-corrected chi connectivity index (χ2v) is 6.89. The normalized spacial score (nSPS) is 19.9. The minimum absolute atomic E-state index is 0.168. The molecule has 27 heavy (non-hydrogen) atoms. The van der Waals surface area contributed by atoms with Crippen molar-refractivity contribution in [1.82, 2.24) is 9.55 Å². The summed E-state index contributed by atoms with van der Waals surface area (Å²) in [5.41, 5.74) is 0.508. The van der Waals surface area contributed by atoms with Crippen molar-refractivity contribution in [1.29, 1.82) is 5.26 Å². The van der Waals surface area contributed by atoms with E-state index >= 15 is 0 Å². The first kappa shape index (κ1) is 19.3. The molecular weight excluding hydrogens is 353 g/mol. The van der Waals surface area contributed by atoms with Crippen molar-refractivity contribution in [2.75, 3.05) is 11.4 Å². The third kappa shape index (κ3) is 3.80. The molecule has 1 aromatic heterocycles. The number of halogens is 3. The SMILES string of the molecule is CCc1cncn1C1CCC(N(CC)c2ccc(C#N)c(C(F)(F)F)c2)C1. The van der Waals surface area contributed by atoms with Gasteiger partial charge in [-0.2, -0.15) is 18.4 Å². The van der Waals surface area contributed by atoms with E-state index in [0.717, 1.165) is 31.7 Å². The minimum Gasteiger partial charge on any atom is -0.369 e. The van der Waals surface area contributed by atoms with Crippen molar-refractivity contribution in [3.05, 3.63) is 47.5 Å². The van der Waals surface area contributed by atoms with Crippen molar-refractivity contribution >= 4 is 5.69 Å². The monoisotopic (exact) mass is 376 g/mol. The Labute approximate surface area is 157 Å². The van der Waals surface area contributed by atoms with E-state index in [9.17, 15) is 13.2 Å². The second kappa shape index (κ2) is 7.63. The highest BCUT2D eigenvalue weighted by Crippen LogP contribution is 2.38. The lowest BCUT2D eigenvalue weighted by Gasteiger charge is -2.31. The first-order valence-electron chi connectivity index (χ1n) is 9.27. The van der Waals surface area contributed by atoms with Crippen LogP contribution in [0.15, 0.2) is 30.7 Å². The Bertz CT molecular complexity index is 834. The van der Waals surface area contributed by atoms with Gasteiger partial charge in [-0.3, -0.25) is 0 Å². The fraction of sp³-hybridized carbons (Fsp3) is 0.500. The quantitative estimate of drug-likeness (QED) is 0.741. The van der Waals surface area contributed by atoms with Crippen LogP contribution >= 0.6 is 0 Å². The minimum atomic E-state index is -4.54. The van der Waals surface area contributed by atoms with Gasteiger partial charge in [0.05, 0.1) is 23.5 Å². The number of alkyl halides is 3. The molecule has 0 N–H and O–H groups in total. The average molecular weight is 376 g/mol. The molecule has 0 aliphatic heterocycles. The molecule has 7 heteroatoms. The molecule has 2 atom stereocenters. The van der Waals surface area contributed by atoms with Gasteiger partial charge in [0.1, 0.15) is 0 Å². The molecular formula is C20H23F3N4. The Kier molecular flexibility index (Phi) is 5.45. The molecule has 0 amide bonds. The van der Waals surface area contributed by atoms with Crippen LogP contribution < -0.4 is 4.90 Å². The van der Waals surface area contributed by atoms with Crippen LogP contribution in [-0.2, 0) is 12.6 Å². The van der Waals surface area contributed by atoms with Gasteiger partial charge in [0.25, 0.3) is 0 Å². The molecule has 1 aliphatic rings. The van der Waals surface area contributed by atoms with Gasteiger partial charge in [0.2, 0.25) is 0 Å². The number of anilines is 1. The number of aromatic nitrogens is 2. The summed E-state index contributed by atoms with van der Waals surface area (Å²) in [6.07, 6.45) is 2.87. The summed E-state index contributed by atoms with van der Waals surface area (Å²) in [4.78, 5) is 6.26. The molecule has 1 saturated carbocycles. The summed E-state index contributed by atoms with van der Waals surface area (Å²) < 4.78 is 42.1. The average Bonchev–Trinajstić information content (AvgIpc) is 3.30. The van der Waals surface area contributed by atoms with Gasteiger partial charge in [0.15, 0.2) is 0 Å². The van der Waals surface area contributed by atoms with Crippen molar-refractivity contribution in [2.24, 2.45) is 0 Å². The third-order valence-corrected chi connectivity index (χ3v) is 5.42. The molecule has 2 unspecified atom stereocenters. The van der Waals surface area contributed by atoms with Gasteiger partial charge in [-0.15, -0.1) is 0 Å². The predicted molar refractivity (Wildman–Crippen MR) is 97.5 cm³/mol. The van der Waals surface area contributed by atoms with Crippen molar-refractivity contribution in [3.8, 4) is 6.07 Å². The molecule has 0 spiro atoms. The highest BCUT2D eigenvalue weighted by molar-refractivity contribution is 5.55. The lowest BCUT2D eigenvalue weighted by Crippen LogP contribution is -2.33. The molecule has 4 nitrogen and oxygen atoms in total. The number of benzene rings is 1. The molecule has 1 aromatic carbocycles. The van der Waals surface area contributed by atoms with E-state index in [1.165, 1.54) is 11.8 Å². The van der Waals surface area contributed by atoms with Crippen LogP contribution in [0.5, 0.6) is 0 Å². The van der Waals surface area contributed by atoms with Gasteiger partial charge >= 0.3 is 6.18 Å². The van der Waals surface area contributed by atoms with Crippen LogP contribution in [-0.4, -0.2) is 22.1 Å². The predicted octanol–water partition coefficient (Wildman–Crippen LogP) is 4.96. The molecule has 2 aromatic rings. The van der Waals surface area contributed by atoms with Crippen LogP contribution in [0.1, 0.15) is 56.0 Å². The smallest absolute Gasteiger partial charge is 0.369 e. The van der Waals surface area contributed by atoms with Crippen LogP contribution in [0.25, 0.3) is 0 Å². The second-order valence-electron chi connectivity index (χ2n) is 6.89. The number of imidazole rings is 1. The van der Waals surface area contributed by atoms with Crippen molar-refractivity contribution < 1.29 is 13.2 Å². The van der Waals surface area contributed by atoms with Crippen LogP contribution in [0.4, 0.5) is 18.9 Å². The largest absolute Gasteiger partial charge is 0.417 e. The summed E-state index contributed by atoms with van der Waals surface area (Å²) in [6.45, 7) is 4.66. The molecule has 1 aliphatic carbocycles. The molecule has 0 bridgehead atoms. The molecule has 1 heterocycles. The number of hydrogen-bond acceptors (Lipinski definition) is 3. The van der Waals surface area contributed by atoms with Gasteiger partial charge in [-0.05, 0) is 50.8 Å². The Morgan fingerprint density at radius 3 is 2.70 bits per heavy atom. The van der Waals surface area contributed by atoms with Crippen molar-refractivity contribution in [3.63, 3.8) is 0 Å². The summed E-state index contributed by atoms with van der Waals surface area (Å²) in [5.74, 6) is 0. The molecule has 3 rings (SSSR count). The number of nitrogens with zero attached hydrogens (tertiary/aromatic N) is 4.